The molecule has 2 N–H and O–H groups in total. The van der Waals surface area contributed by atoms with Gasteiger partial charge in [0.1, 0.15) is 24.6 Å². The number of pyridine rings is 1. The smallest absolute Gasteiger partial charge is 0.357 e. The van der Waals surface area contributed by atoms with Crippen LogP contribution in [0.5, 0.6) is 0 Å². The molecule has 0 aromatic carbocycles. The van der Waals surface area contributed by atoms with Crippen LogP contribution in [0.4, 0.5) is 0 Å². The Kier molecular flexibility index (Phi) is 10.3. The van der Waals surface area contributed by atoms with Crippen LogP contribution in [0.3, 0.4) is 0 Å². The van der Waals surface area contributed by atoms with Crippen molar-refractivity contribution in [1.82, 2.24) is 4.98 Å². The lowest BCUT2D eigenvalue weighted by molar-refractivity contribution is 0.0246. The molecule has 0 saturated heterocycles. The number of rotatable bonds is 12. The highest BCUT2D eigenvalue weighted by molar-refractivity contribution is 5.91. The third-order valence-electron chi connectivity index (χ3n) is 2.56. The van der Waals surface area contributed by atoms with E-state index in [1.807, 2.05) is 0 Å². The van der Waals surface area contributed by atoms with Crippen LogP contribution in [0.1, 0.15) is 21.0 Å². The molecule has 0 aliphatic carbocycles. The van der Waals surface area contributed by atoms with Gasteiger partial charge in [-0.25, -0.2) is 14.6 Å². The van der Waals surface area contributed by atoms with E-state index in [1.54, 1.807) is 0 Å². The molecule has 0 unspecified atom stereocenters. The largest absolute Gasteiger partial charge is 0.459 e. The van der Waals surface area contributed by atoms with E-state index in [4.69, 9.17) is 29.2 Å². The lowest BCUT2D eigenvalue weighted by Gasteiger charge is -2.07. The molecule has 24 heavy (non-hydrogen) atoms. The van der Waals surface area contributed by atoms with Crippen LogP contribution in [-0.4, -0.2) is 80.0 Å². The molecule has 0 atom stereocenters. The summed E-state index contributed by atoms with van der Waals surface area (Å²) in [4.78, 5) is 27.5. The highest BCUT2D eigenvalue weighted by atomic mass is 16.6. The maximum atomic E-state index is 11.8. The molecule has 0 aliphatic heterocycles. The zero-order valence-corrected chi connectivity index (χ0v) is 13.2. The van der Waals surface area contributed by atoms with Gasteiger partial charge in [0.2, 0.25) is 0 Å². The van der Waals surface area contributed by atoms with Gasteiger partial charge in [-0.2, -0.15) is 0 Å². The number of hydrogen-bond donors (Lipinski definition) is 2. The third-order valence-corrected chi connectivity index (χ3v) is 2.56. The van der Waals surface area contributed by atoms with Gasteiger partial charge in [0, 0.05) is 0 Å². The van der Waals surface area contributed by atoms with Crippen molar-refractivity contribution in [2.45, 2.75) is 0 Å². The number of nitrogens with zero attached hydrogens (tertiary/aromatic N) is 1. The Labute approximate surface area is 139 Å². The zero-order chi connectivity index (χ0) is 17.6. The van der Waals surface area contributed by atoms with Crippen LogP contribution < -0.4 is 0 Å². The average Bonchev–Trinajstić information content (AvgIpc) is 2.61. The predicted octanol–water partition coefficient (Wildman–Crippen LogP) is -0.587. The molecule has 1 heterocycles. The molecule has 1 rings (SSSR count). The Morgan fingerprint density at radius 2 is 1.25 bits per heavy atom. The predicted molar refractivity (Wildman–Crippen MR) is 80.6 cm³/mol. The Bertz CT molecular complexity index is 467. The van der Waals surface area contributed by atoms with Gasteiger partial charge in [-0.3, -0.25) is 0 Å². The summed E-state index contributed by atoms with van der Waals surface area (Å²) in [6, 6.07) is 4.32. The monoisotopic (exact) mass is 343 g/mol. The van der Waals surface area contributed by atoms with Crippen molar-refractivity contribution in [1.29, 1.82) is 0 Å². The third kappa shape index (κ3) is 7.97. The Morgan fingerprint density at radius 1 is 0.792 bits per heavy atom. The maximum Gasteiger partial charge on any atom is 0.357 e. The lowest BCUT2D eigenvalue weighted by atomic mass is 10.3. The average molecular weight is 343 g/mol. The van der Waals surface area contributed by atoms with Crippen molar-refractivity contribution in [2.75, 3.05) is 52.9 Å². The first kappa shape index (κ1) is 20.0. The van der Waals surface area contributed by atoms with Gasteiger partial charge >= 0.3 is 11.9 Å². The van der Waals surface area contributed by atoms with E-state index in [9.17, 15) is 9.59 Å². The molecule has 0 bridgehead atoms. The van der Waals surface area contributed by atoms with E-state index >= 15 is 0 Å². The normalized spacial score (nSPS) is 10.4. The second-order valence-electron chi connectivity index (χ2n) is 4.35. The van der Waals surface area contributed by atoms with E-state index < -0.39 is 11.9 Å². The number of esters is 2. The zero-order valence-electron chi connectivity index (χ0n) is 13.2. The highest BCUT2D eigenvalue weighted by Crippen LogP contribution is 2.03. The van der Waals surface area contributed by atoms with E-state index in [-0.39, 0.29) is 64.2 Å². The summed E-state index contributed by atoms with van der Waals surface area (Å²) in [5.41, 5.74) is -0.0497. The second-order valence-corrected chi connectivity index (χ2v) is 4.35. The number of aliphatic hydroxyl groups is 2. The minimum atomic E-state index is -0.691. The molecular formula is C15H21NO8. The first-order valence-corrected chi connectivity index (χ1v) is 7.37. The fraction of sp³-hybridized carbons (Fsp3) is 0.533. The van der Waals surface area contributed by atoms with Crippen molar-refractivity contribution in [3.63, 3.8) is 0 Å². The van der Waals surface area contributed by atoms with Crippen molar-refractivity contribution >= 4 is 11.9 Å². The standard InChI is InChI=1S/C15H21NO8/c17-4-6-21-8-10-23-14(19)12-2-1-3-13(16-12)15(20)24-11-9-22-7-5-18/h1-3,17-18H,4-11H2. The van der Waals surface area contributed by atoms with E-state index in [0.717, 1.165) is 0 Å². The SMILES string of the molecule is O=C(OCCOCCO)c1cccc(C(=O)OCCOCCO)n1. The minimum absolute atomic E-state index is 0.0113. The number of ether oxygens (including phenoxy) is 4. The first-order valence-electron chi connectivity index (χ1n) is 7.37. The summed E-state index contributed by atoms with van der Waals surface area (Å²) in [7, 11) is 0. The molecule has 0 amide bonds. The summed E-state index contributed by atoms with van der Waals surface area (Å²) in [6.45, 7) is 0.451. The van der Waals surface area contributed by atoms with Crippen molar-refractivity contribution in [2.24, 2.45) is 0 Å². The molecule has 0 radical (unpaired) electrons. The molecule has 0 spiro atoms. The molecule has 134 valence electrons. The molecule has 0 saturated carbocycles. The molecule has 9 nitrogen and oxygen atoms in total. The topological polar surface area (TPSA) is 124 Å². The van der Waals surface area contributed by atoms with Crippen LogP contribution >= 0.6 is 0 Å². The van der Waals surface area contributed by atoms with Crippen molar-refractivity contribution in [3.05, 3.63) is 29.6 Å². The Balaban J connectivity index is 2.41. The molecular weight excluding hydrogens is 322 g/mol. The number of carbonyl (C=O) groups is 2. The Morgan fingerprint density at radius 3 is 1.67 bits per heavy atom. The van der Waals surface area contributed by atoms with Crippen LogP contribution in [0, 0.1) is 0 Å². The van der Waals surface area contributed by atoms with Gasteiger partial charge in [0.05, 0.1) is 39.6 Å². The summed E-state index contributed by atoms with van der Waals surface area (Å²) in [6.07, 6.45) is 0. The second kappa shape index (κ2) is 12.4. The van der Waals surface area contributed by atoms with E-state index in [1.165, 1.54) is 18.2 Å². The minimum Gasteiger partial charge on any atom is -0.459 e. The van der Waals surface area contributed by atoms with Gasteiger partial charge < -0.3 is 29.2 Å². The quantitative estimate of drug-likeness (QED) is 0.378. The van der Waals surface area contributed by atoms with Gasteiger partial charge in [0.15, 0.2) is 0 Å². The lowest BCUT2D eigenvalue weighted by Crippen LogP contribution is -2.16. The van der Waals surface area contributed by atoms with Crippen LogP contribution in [-0.2, 0) is 18.9 Å². The molecule has 0 aliphatic rings. The molecule has 9 heteroatoms. The van der Waals surface area contributed by atoms with Crippen molar-refractivity contribution < 1.29 is 38.7 Å². The van der Waals surface area contributed by atoms with Crippen molar-refractivity contribution in [3.8, 4) is 0 Å². The molecule has 0 fully saturated rings. The summed E-state index contributed by atoms with van der Waals surface area (Å²) >= 11 is 0. The van der Waals surface area contributed by atoms with Crippen LogP contribution in [0.25, 0.3) is 0 Å². The first-order chi connectivity index (χ1) is 11.7. The Hall–Kier alpha value is -2.07. The number of aromatic nitrogens is 1. The van der Waals surface area contributed by atoms with Crippen LogP contribution in [0.15, 0.2) is 18.2 Å². The molecule has 1 aromatic rings. The fourth-order valence-electron chi connectivity index (χ4n) is 1.53. The van der Waals surface area contributed by atoms with Gasteiger partial charge in [0.25, 0.3) is 0 Å². The maximum absolute atomic E-state index is 11.8. The summed E-state index contributed by atoms with van der Waals surface area (Å²) in [5, 5.41) is 17.1. The number of aliphatic hydroxyl groups excluding tert-OH is 2. The van der Waals surface area contributed by atoms with Gasteiger partial charge in [-0.1, -0.05) is 6.07 Å². The molecule has 1 aromatic heterocycles. The van der Waals surface area contributed by atoms with E-state index in [0.29, 0.717) is 0 Å². The van der Waals surface area contributed by atoms with Crippen LogP contribution in [0.2, 0.25) is 0 Å². The van der Waals surface area contributed by atoms with E-state index in [2.05, 4.69) is 4.98 Å². The summed E-state index contributed by atoms with van der Waals surface area (Å²) in [5.74, 6) is -1.38. The van der Waals surface area contributed by atoms with Gasteiger partial charge in [-0.05, 0) is 12.1 Å². The highest BCUT2D eigenvalue weighted by Gasteiger charge is 2.14. The number of hydrogen-bond acceptors (Lipinski definition) is 9. The number of carbonyl (C=O) groups excluding carboxylic acids is 2. The fourth-order valence-corrected chi connectivity index (χ4v) is 1.53. The summed E-state index contributed by atoms with van der Waals surface area (Å²) < 4.78 is 19.8. The van der Waals surface area contributed by atoms with Gasteiger partial charge in [-0.15, -0.1) is 0 Å².